The SMILES string of the molecule is CC(C)[C@H]1C=CCN1C(=O)c1cccc(-c2cnn(CC3CC3)c2)c1. The molecule has 1 fully saturated rings. The lowest BCUT2D eigenvalue weighted by Crippen LogP contribution is -2.39. The van der Waals surface area contributed by atoms with E-state index in [1.165, 1.54) is 12.8 Å². The highest BCUT2D eigenvalue weighted by Crippen LogP contribution is 2.31. The van der Waals surface area contributed by atoms with Crippen molar-refractivity contribution in [1.82, 2.24) is 14.7 Å². The number of carbonyl (C=O) groups excluding carboxylic acids is 1. The van der Waals surface area contributed by atoms with Gasteiger partial charge in [-0.3, -0.25) is 9.48 Å². The number of rotatable bonds is 5. The van der Waals surface area contributed by atoms with Crippen LogP contribution in [0.15, 0.2) is 48.8 Å². The van der Waals surface area contributed by atoms with Crippen molar-refractivity contribution in [3.05, 3.63) is 54.4 Å². The zero-order chi connectivity index (χ0) is 17.4. The van der Waals surface area contributed by atoms with Crippen LogP contribution in [0.5, 0.6) is 0 Å². The van der Waals surface area contributed by atoms with E-state index in [0.29, 0.717) is 12.5 Å². The second kappa shape index (κ2) is 6.51. The molecule has 0 spiro atoms. The number of hydrogen-bond donors (Lipinski definition) is 0. The maximum absolute atomic E-state index is 13.0. The molecule has 1 aromatic heterocycles. The molecule has 1 saturated carbocycles. The van der Waals surface area contributed by atoms with E-state index in [0.717, 1.165) is 29.2 Å². The van der Waals surface area contributed by atoms with Gasteiger partial charge < -0.3 is 4.90 Å². The van der Waals surface area contributed by atoms with E-state index < -0.39 is 0 Å². The summed E-state index contributed by atoms with van der Waals surface area (Å²) in [7, 11) is 0. The van der Waals surface area contributed by atoms with Crippen LogP contribution in [0.25, 0.3) is 11.1 Å². The molecule has 4 rings (SSSR count). The Balaban J connectivity index is 1.54. The fraction of sp³-hybridized carbons (Fsp3) is 0.429. The Bertz CT molecular complexity index is 801. The number of amides is 1. The van der Waals surface area contributed by atoms with Crippen molar-refractivity contribution in [2.24, 2.45) is 11.8 Å². The van der Waals surface area contributed by atoms with Crippen molar-refractivity contribution >= 4 is 5.91 Å². The fourth-order valence-corrected chi connectivity index (χ4v) is 3.51. The van der Waals surface area contributed by atoms with Crippen LogP contribution in [-0.4, -0.2) is 33.2 Å². The Morgan fingerprint density at radius 3 is 2.88 bits per heavy atom. The molecule has 0 N–H and O–H groups in total. The third-order valence-corrected chi connectivity index (χ3v) is 5.16. The van der Waals surface area contributed by atoms with Crippen LogP contribution in [0.4, 0.5) is 0 Å². The van der Waals surface area contributed by atoms with E-state index in [2.05, 4.69) is 43.4 Å². The van der Waals surface area contributed by atoms with Crippen LogP contribution in [0.3, 0.4) is 0 Å². The van der Waals surface area contributed by atoms with Gasteiger partial charge in [0.2, 0.25) is 0 Å². The summed E-state index contributed by atoms with van der Waals surface area (Å²) in [5, 5.41) is 4.47. The third-order valence-electron chi connectivity index (χ3n) is 5.16. The van der Waals surface area contributed by atoms with Gasteiger partial charge in [-0.2, -0.15) is 5.10 Å². The Hall–Kier alpha value is -2.36. The van der Waals surface area contributed by atoms with Crippen LogP contribution in [-0.2, 0) is 6.54 Å². The summed E-state index contributed by atoms with van der Waals surface area (Å²) in [6, 6.07) is 8.12. The smallest absolute Gasteiger partial charge is 0.254 e. The Kier molecular flexibility index (Phi) is 4.20. The second-order valence-electron chi connectivity index (χ2n) is 7.60. The van der Waals surface area contributed by atoms with Crippen LogP contribution in [0.1, 0.15) is 37.0 Å². The molecule has 1 aliphatic carbocycles. The molecule has 0 unspecified atom stereocenters. The quantitative estimate of drug-likeness (QED) is 0.775. The van der Waals surface area contributed by atoms with Gasteiger partial charge in [0.05, 0.1) is 12.2 Å². The highest BCUT2D eigenvalue weighted by molar-refractivity contribution is 5.96. The number of nitrogens with zero attached hydrogens (tertiary/aromatic N) is 3. The third kappa shape index (κ3) is 3.39. The van der Waals surface area contributed by atoms with E-state index in [9.17, 15) is 4.79 Å². The first kappa shape index (κ1) is 16.1. The van der Waals surface area contributed by atoms with Crippen molar-refractivity contribution < 1.29 is 4.79 Å². The molecule has 0 saturated heterocycles. The van der Waals surface area contributed by atoms with Gasteiger partial charge in [0, 0.05) is 30.4 Å². The topological polar surface area (TPSA) is 38.1 Å². The van der Waals surface area contributed by atoms with Gasteiger partial charge in [-0.15, -0.1) is 0 Å². The summed E-state index contributed by atoms with van der Waals surface area (Å²) in [6.07, 6.45) is 10.9. The molecule has 1 atom stereocenters. The normalized spacial score (nSPS) is 19.8. The monoisotopic (exact) mass is 335 g/mol. The standard InChI is InChI=1S/C21H25N3O/c1-15(2)20-7-4-10-24(20)21(25)18-6-3-5-17(11-18)19-12-22-23(14-19)13-16-8-9-16/h3-7,11-12,14-16,20H,8-10,13H2,1-2H3/t20-/m1/s1. The predicted octanol–water partition coefficient (Wildman–Crippen LogP) is 4.00. The predicted molar refractivity (Wildman–Crippen MR) is 99.2 cm³/mol. The molecule has 0 radical (unpaired) electrons. The lowest BCUT2D eigenvalue weighted by atomic mass is 10.0. The average molecular weight is 335 g/mol. The lowest BCUT2D eigenvalue weighted by molar-refractivity contribution is 0.0720. The molecule has 130 valence electrons. The van der Waals surface area contributed by atoms with Crippen molar-refractivity contribution in [3.8, 4) is 11.1 Å². The molecule has 1 aromatic carbocycles. The molecular formula is C21H25N3O. The highest BCUT2D eigenvalue weighted by atomic mass is 16.2. The summed E-state index contributed by atoms with van der Waals surface area (Å²) < 4.78 is 2.03. The zero-order valence-corrected chi connectivity index (χ0v) is 14.9. The summed E-state index contributed by atoms with van der Waals surface area (Å²) in [4.78, 5) is 14.9. The fourth-order valence-electron chi connectivity index (χ4n) is 3.51. The molecule has 1 aliphatic heterocycles. The van der Waals surface area contributed by atoms with Gasteiger partial charge in [0.1, 0.15) is 0 Å². The van der Waals surface area contributed by atoms with E-state index in [-0.39, 0.29) is 11.9 Å². The molecule has 0 bridgehead atoms. The minimum atomic E-state index is 0.107. The van der Waals surface area contributed by atoms with E-state index >= 15 is 0 Å². The molecule has 2 heterocycles. The van der Waals surface area contributed by atoms with Gasteiger partial charge in [-0.05, 0) is 42.4 Å². The van der Waals surface area contributed by atoms with Gasteiger partial charge >= 0.3 is 0 Å². The molecule has 1 amide bonds. The van der Waals surface area contributed by atoms with E-state index in [4.69, 9.17) is 0 Å². The molecule has 2 aliphatic rings. The largest absolute Gasteiger partial charge is 0.328 e. The summed E-state index contributed by atoms with van der Waals surface area (Å²) in [5.41, 5.74) is 2.89. The van der Waals surface area contributed by atoms with Crippen molar-refractivity contribution in [2.45, 2.75) is 39.3 Å². The maximum atomic E-state index is 13.0. The second-order valence-corrected chi connectivity index (χ2v) is 7.60. The maximum Gasteiger partial charge on any atom is 0.254 e. The first-order chi connectivity index (χ1) is 12.1. The summed E-state index contributed by atoms with van der Waals surface area (Å²) in [5.74, 6) is 1.33. The van der Waals surface area contributed by atoms with Crippen molar-refractivity contribution in [2.75, 3.05) is 6.54 Å². The van der Waals surface area contributed by atoms with Gasteiger partial charge in [0.15, 0.2) is 0 Å². The number of carbonyl (C=O) groups is 1. The number of aromatic nitrogens is 2. The van der Waals surface area contributed by atoms with Crippen molar-refractivity contribution in [3.63, 3.8) is 0 Å². The van der Waals surface area contributed by atoms with Gasteiger partial charge in [-0.25, -0.2) is 0 Å². The van der Waals surface area contributed by atoms with Crippen LogP contribution in [0, 0.1) is 11.8 Å². The summed E-state index contributed by atoms with van der Waals surface area (Å²) in [6.45, 7) is 6.02. The average Bonchev–Trinajstić information content (AvgIpc) is 3.11. The molecule has 2 aromatic rings. The van der Waals surface area contributed by atoms with Gasteiger partial charge in [0.25, 0.3) is 5.91 Å². The molecule has 25 heavy (non-hydrogen) atoms. The Morgan fingerprint density at radius 1 is 1.28 bits per heavy atom. The van der Waals surface area contributed by atoms with Crippen LogP contribution < -0.4 is 0 Å². The Morgan fingerprint density at radius 2 is 2.12 bits per heavy atom. The Labute approximate surface area is 149 Å². The first-order valence-corrected chi connectivity index (χ1v) is 9.22. The van der Waals surface area contributed by atoms with Crippen LogP contribution in [0.2, 0.25) is 0 Å². The van der Waals surface area contributed by atoms with E-state index in [1.54, 1.807) is 0 Å². The number of hydrogen-bond acceptors (Lipinski definition) is 2. The van der Waals surface area contributed by atoms with Gasteiger partial charge in [-0.1, -0.05) is 38.1 Å². The first-order valence-electron chi connectivity index (χ1n) is 9.22. The summed E-state index contributed by atoms with van der Waals surface area (Å²) >= 11 is 0. The minimum absolute atomic E-state index is 0.107. The highest BCUT2D eigenvalue weighted by Gasteiger charge is 2.28. The lowest BCUT2D eigenvalue weighted by Gasteiger charge is -2.27. The van der Waals surface area contributed by atoms with Crippen LogP contribution >= 0.6 is 0 Å². The molecule has 4 nitrogen and oxygen atoms in total. The number of benzene rings is 1. The van der Waals surface area contributed by atoms with Crippen molar-refractivity contribution in [1.29, 1.82) is 0 Å². The molecule has 4 heteroatoms. The van der Waals surface area contributed by atoms with E-state index in [1.807, 2.05) is 34.0 Å². The minimum Gasteiger partial charge on any atom is -0.328 e. The zero-order valence-electron chi connectivity index (χ0n) is 14.9. The molecular weight excluding hydrogens is 310 g/mol.